The van der Waals surface area contributed by atoms with E-state index in [-0.39, 0.29) is 0 Å². The quantitative estimate of drug-likeness (QED) is 0.553. The lowest BCUT2D eigenvalue weighted by Crippen LogP contribution is -1.84. The van der Waals surface area contributed by atoms with Gasteiger partial charge in [0, 0.05) is 19.3 Å². The van der Waals surface area contributed by atoms with Crippen molar-refractivity contribution in [3.8, 4) is 0 Å². The molecular formula is C4H4BrN2. The molecule has 1 aromatic rings. The Morgan fingerprint density at radius 1 is 2.00 bits per heavy atom. The molecule has 0 bridgehead atoms. The van der Waals surface area contributed by atoms with Crippen LogP contribution in [0.15, 0.2) is 10.8 Å². The van der Waals surface area contributed by atoms with E-state index in [0.717, 1.165) is 4.60 Å². The zero-order chi connectivity index (χ0) is 5.28. The third kappa shape index (κ3) is 1.03. The third-order valence-corrected chi connectivity index (χ3v) is 1.00. The zero-order valence-electron chi connectivity index (χ0n) is 3.85. The lowest BCUT2D eigenvalue weighted by molar-refractivity contribution is 0.760. The molecule has 0 fully saturated rings. The van der Waals surface area contributed by atoms with E-state index in [9.17, 15) is 0 Å². The Morgan fingerprint density at radius 2 is 2.71 bits per heavy atom. The Bertz CT molecular complexity index is 142. The summed E-state index contributed by atoms with van der Waals surface area (Å²) >= 11 is 3.14. The molecule has 0 atom stereocenters. The van der Waals surface area contributed by atoms with Crippen molar-refractivity contribution in [1.29, 1.82) is 0 Å². The highest BCUT2D eigenvalue weighted by Gasteiger charge is 1.85. The normalized spacial score (nSPS) is 9.43. The number of aryl methyl sites for hydroxylation is 1. The highest BCUT2D eigenvalue weighted by molar-refractivity contribution is 9.10. The number of hydrogen-bond acceptors (Lipinski definition) is 1. The predicted molar refractivity (Wildman–Crippen MR) is 29.7 cm³/mol. The van der Waals surface area contributed by atoms with Crippen molar-refractivity contribution in [2.24, 2.45) is 7.05 Å². The second-order valence-corrected chi connectivity index (χ2v) is 1.99. The maximum absolute atomic E-state index is 3.89. The molecule has 0 spiro atoms. The van der Waals surface area contributed by atoms with E-state index in [4.69, 9.17) is 0 Å². The average molecular weight is 160 g/mol. The number of rotatable bonds is 0. The van der Waals surface area contributed by atoms with Crippen LogP contribution in [0.5, 0.6) is 0 Å². The Hall–Kier alpha value is -0.310. The summed E-state index contributed by atoms with van der Waals surface area (Å²) in [5.41, 5.74) is 0. The Morgan fingerprint density at radius 3 is 2.86 bits per heavy atom. The van der Waals surface area contributed by atoms with E-state index in [0.29, 0.717) is 0 Å². The predicted octanol–water partition coefficient (Wildman–Crippen LogP) is 0.983. The molecule has 0 saturated heterocycles. The zero-order valence-corrected chi connectivity index (χ0v) is 5.44. The van der Waals surface area contributed by atoms with Crippen LogP contribution >= 0.6 is 15.9 Å². The molecule has 0 N–H and O–H groups in total. The largest absolute Gasteiger partial charge is 0.274 e. The maximum atomic E-state index is 3.89. The first-order valence-corrected chi connectivity index (χ1v) is 2.65. The molecule has 0 aliphatic heterocycles. The summed E-state index contributed by atoms with van der Waals surface area (Å²) in [4.78, 5) is 0. The summed E-state index contributed by atoms with van der Waals surface area (Å²) in [6.07, 6.45) is 1.75. The van der Waals surface area contributed by atoms with Gasteiger partial charge in [0.15, 0.2) is 0 Å². The van der Waals surface area contributed by atoms with Crippen LogP contribution in [0.2, 0.25) is 0 Å². The number of hydrogen-bond donors (Lipinski definition) is 0. The molecule has 3 heteroatoms. The minimum Gasteiger partial charge on any atom is -0.274 e. The molecule has 1 heterocycles. The number of halogens is 1. The van der Waals surface area contributed by atoms with Gasteiger partial charge in [-0.2, -0.15) is 5.10 Å². The highest BCUT2D eigenvalue weighted by atomic mass is 79.9. The molecule has 1 aromatic heterocycles. The van der Waals surface area contributed by atoms with Crippen molar-refractivity contribution in [1.82, 2.24) is 9.78 Å². The van der Waals surface area contributed by atoms with Gasteiger partial charge in [-0.15, -0.1) is 0 Å². The minimum atomic E-state index is 0.759. The van der Waals surface area contributed by atoms with Crippen LogP contribution in [0.1, 0.15) is 0 Å². The maximum Gasteiger partial charge on any atom is 0.136 e. The van der Waals surface area contributed by atoms with E-state index >= 15 is 0 Å². The molecule has 0 amide bonds. The van der Waals surface area contributed by atoms with Crippen LogP contribution in [-0.4, -0.2) is 9.78 Å². The van der Waals surface area contributed by atoms with Crippen molar-refractivity contribution in [2.75, 3.05) is 0 Å². The highest BCUT2D eigenvalue weighted by Crippen LogP contribution is 2.00. The van der Waals surface area contributed by atoms with Crippen LogP contribution in [0.4, 0.5) is 0 Å². The van der Waals surface area contributed by atoms with Crippen LogP contribution in [0.3, 0.4) is 0 Å². The second-order valence-electron chi connectivity index (χ2n) is 1.24. The summed E-state index contributed by atoms with van der Waals surface area (Å²) in [5.74, 6) is 0. The topological polar surface area (TPSA) is 17.8 Å². The first kappa shape index (κ1) is 4.84. The summed E-state index contributed by atoms with van der Waals surface area (Å²) in [6, 6.07) is 2.84. The summed E-state index contributed by atoms with van der Waals surface area (Å²) in [5, 5.41) is 3.89. The van der Waals surface area contributed by atoms with Gasteiger partial charge >= 0.3 is 0 Å². The van der Waals surface area contributed by atoms with Crippen molar-refractivity contribution in [2.45, 2.75) is 0 Å². The van der Waals surface area contributed by atoms with E-state index in [1.54, 1.807) is 10.9 Å². The number of aromatic nitrogens is 2. The van der Waals surface area contributed by atoms with E-state index in [1.807, 2.05) is 7.05 Å². The van der Waals surface area contributed by atoms with Gasteiger partial charge in [-0.1, -0.05) is 0 Å². The molecule has 0 aromatic carbocycles. The van der Waals surface area contributed by atoms with Gasteiger partial charge in [0.2, 0.25) is 0 Å². The monoisotopic (exact) mass is 159 g/mol. The first-order valence-electron chi connectivity index (χ1n) is 1.86. The molecule has 1 radical (unpaired) electrons. The number of nitrogens with zero attached hydrogens (tertiary/aromatic N) is 2. The SMILES string of the molecule is Cn1c[c]c(Br)n1. The van der Waals surface area contributed by atoms with Gasteiger partial charge in [-0.25, -0.2) is 0 Å². The fourth-order valence-electron chi connectivity index (χ4n) is 0.343. The smallest absolute Gasteiger partial charge is 0.136 e. The Labute approximate surface area is 50.3 Å². The molecule has 1 rings (SSSR count). The lowest BCUT2D eigenvalue weighted by atomic mass is 10.8. The van der Waals surface area contributed by atoms with Crippen molar-refractivity contribution >= 4 is 15.9 Å². The van der Waals surface area contributed by atoms with Crippen LogP contribution in [0.25, 0.3) is 0 Å². The standard InChI is InChI=1S/C4H4BrN2/c1-7-3-2-4(5)6-7/h3H,1H3. The Balaban J connectivity index is 3.04. The van der Waals surface area contributed by atoms with Gasteiger partial charge in [0.1, 0.15) is 4.60 Å². The average Bonchev–Trinajstić information content (AvgIpc) is 1.87. The minimum absolute atomic E-state index is 0.759. The van der Waals surface area contributed by atoms with Gasteiger partial charge in [0.25, 0.3) is 0 Å². The fraction of sp³-hybridized carbons (Fsp3) is 0.250. The van der Waals surface area contributed by atoms with Crippen LogP contribution in [0, 0.1) is 6.07 Å². The van der Waals surface area contributed by atoms with Crippen molar-refractivity contribution in [3.05, 3.63) is 16.9 Å². The van der Waals surface area contributed by atoms with Crippen LogP contribution in [-0.2, 0) is 7.05 Å². The van der Waals surface area contributed by atoms with Gasteiger partial charge in [0.05, 0.1) is 0 Å². The van der Waals surface area contributed by atoms with E-state index in [2.05, 4.69) is 27.1 Å². The molecule has 0 unspecified atom stereocenters. The molecular weight excluding hydrogens is 156 g/mol. The van der Waals surface area contributed by atoms with E-state index < -0.39 is 0 Å². The summed E-state index contributed by atoms with van der Waals surface area (Å²) < 4.78 is 2.44. The molecule has 0 aliphatic rings. The second kappa shape index (κ2) is 1.66. The third-order valence-electron chi connectivity index (χ3n) is 0.616. The summed E-state index contributed by atoms with van der Waals surface area (Å²) in [7, 11) is 1.85. The lowest BCUT2D eigenvalue weighted by Gasteiger charge is -1.78. The summed E-state index contributed by atoms with van der Waals surface area (Å²) in [6.45, 7) is 0. The first-order chi connectivity index (χ1) is 3.29. The molecule has 2 nitrogen and oxygen atoms in total. The molecule has 7 heavy (non-hydrogen) atoms. The van der Waals surface area contributed by atoms with Crippen molar-refractivity contribution < 1.29 is 0 Å². The van der Waals surface area contributed by atoms with Crippen LogP contribution < -0.4 is 0 Å². The molecule has 37 valence electrons. The fourth-order valence-corrected chi connectivity index (χ4v) is 0.695. The van der Waals surface area contributed by atoms with Gasteiger partial charge in [-0.05, 0) is 15.9 Å². The van der Waals surface area contributed by atoms with Crippen molar-refractivity contribution in [3.63, 3.8) is 0 Å². The van der Waals surface area contributed by atoms with E-state index in [1.165, 1.54) is 0 Å². The van der Waals surface area contributed by atoms with Gasteiger partial charge < -0.3 is 0 Å². The van der Waals surface area contributed by atoms with Gasteiger partial charge in [-0.3, -0.25) is 4.68 Å². The molecule has 0 saturated carbocycles. The Kier molecular flexibility index (Phi) is 1.15. The molecule has 0 aliphatic carbocycles.